The quantitative estimate of drug-likeness (QED) is 0.349. The Morgan fingerprint density at radius 1 is 1.13 bits per heavy atom. The number of piperazine rings is 2. The first-order chi connectivity index (χ1) is 14.3. The molecule has 0 aliphatic carbocycles. The summed E-state index contributed by atoms with van der Waals surface area (Å²) in [4.78, 5) is 16.9. The van der Waals surface area contributed by atoms with E-state index in [9.17, 15) is 13.2 Å². The highest BCUT2D eigenvalue weighted by Crippen LogP contribution is 2.25. The Labute approximate surface area is 199 Å². The standard InChI is InChI=1S/C20H32F3N7.HI/c1-16(20(21,22)23)28-10-12-30(13-11-28)19(24-2)26-15-17-4-5-25-18(14-17)29-8-6-27(3)7-9-29;/h4-5,14,16H,6-13,15H2,1-3H3,(H,24,26);1H. The molecule has 176 valence electrons. The summed E-state index contributed by atoms with van der Waals surface area (Å²) in [5, 5.41) is 3.35. The van der Waals surface area contributed by atoms with Crippen LogP contribution in [0.25, 0.3) is 0 Å². The highest BCUT2D eigenvalue weighted by molar-refractivity contribution is 14.0. The summed E-state index contributed by atoms with van der Waals surface area (Å²) in [5.74, 6) is 1.69. The van der Waals surface area contributed by atoms with E-state index in [0.29, 0.717) is 38.7 Å². The van der Waals surface area contributed by atoms with Gasteiger partial charge in [0, 0.05) is 72.1 Å². The van der Waals surface area contributed by atoms with Crippen molar-refractivity contribution >= 4 is 35.8 Å². The van der Waals surface area contributed by atoms with E-state index >= 15 is 0 Å². The lowest BCUT2D eigenvalue weighted by Crippen LogP contribution is -2.56. The molecule has 0 amide bonds. The summed E-state index contributed by atoms with van der Waals surface area (Å²) in [6, 6.07) is 2.65. The van der Waals surface area contributed by atoms with Gasteiger partial charge in [0.1, 0.15) is 11.9 Å². The molecule has 1 aromatic rings. The van der Waals surface area contributed by atoms with Gasteiger partial charge in [-0.15, -0.1) is 24.0 Å². The molecule has 1 atom stereocenters. The van der Waals surface area contributed by atoms with Gasteiger partial charge in [-0.25, -0.2) is 4.98 Å². The average molecular weight is 555 g/mol. The van der Waals surface area contributed by atoms with Crippen LogP contribution >= 0.6 is 24.0 Å². The zero-order chi connectivity index (χ0) is 21.7. The van der Waals surface area contributed by atoms with Crippen molar-refractivity contribution in [3.05, 3.63) is 23.9 Å². The second-order valence-electron chi connectivity index (χ2n) is 7.95. The third kappa shape index (κ3) is 7.07. The number of hydrogen-bond acceptors (Lipinski definition) is 5. The van der Waals surface area contributed by atoms with Crippen LogP contribution in [0.15, 0.2) is 23.3 Å². The summed E-state index contributed by atoms with van der Waals surface area (Å²) in [5.41, 5.74) is 1.10. The number of anilines is 1. The number of pyridine rings is 1. The molecular formula is C20H33F3IN7. The van der Waals surface area contributed by atoms with E-state index < -0.39 is 12.2 Å². The molecule has 3 heterocycles. The van der Waals surface area contributed by atoms with Crippen LogP contribution in [0.4, 0.5) is 19.0 Å². The number of aliphatic imine (C=N–C) groups is 1. The predicted molar refractivity (Wildman–Crippen MR) is 128 cm³/mol. The van der Waals surface area contributed by atoms with Gasteiger partial charge in [-0.2, -0.15) is 13.2 Å². The summed E-state index contributed by atoms with van der Waals surface area (Å²) in [6.45, 7) is 7.55. The monoisotopic (exact) mass is 555 g/mol. The molecule has 0 spiro atoms. The Balaban J connectivity index is 0.00000341. The normalized spacial score (nSPS) is 20.4. The van der Waals surface area contributed by atoms with Crippen molar-refractivity contribution in [1.82, 2.24) is 25.0 Å². The van der Waals surface area contributed by atoms with E-state index in [4.69, 9.17) is 0 Å². The molecule has 2 aliphatic rings. The van der Waals surface area contributed by atoms with Gasteiger partial charge in [0.05, 0.1) is 0 Å². The first kappa shape index (κ1) is 25.9. The zero-order valence-corrected chi connectivity index (χ0v) is 20.7. The molecule has 1 N–H and O–H groups in total. The molecular weight excluding hydrogens is 522 g/mol. The second-order valence-corrected chi connectivity index (χ2v) is 7.95. The highest BCUT2D eigenvalue weighted by atomic mass is 127. The summed E-state index contributed by atoms with van der Waals surface area (Å²) < 4.78 is 38.8. The second kappa shape index (κ2) is 11.5. The largest absolute Gasteiger partial charge is 0.403 e. The minimum Gasteiger partial charge on any atom is -0.354 e. The third-order valence-corrected chi connectivity index (χ3v) is 5.93. The van der Waals surface area contributed by atoms with Crippen LogP contribution in [-0.4, -0.2) is 104 Å². The van der Waals surface area contributed by atoms with E-state index in [1.165, 1.54) is 11.8 Å². The molecule has 0 saturated carbocycles. The van der Waals surface area contributed by atoms with Crippen molar-refractivity contribution in [3.63, 3.8) is 0 Å². The van der Waals surface area contributed by atoms with E-state index in [1.54, 1.807) is 7.05 Å². The Bertz CT molecular complexity index is 715. The molecule has 11 heteroatoms. The fourth-order valence-corrected chi connectivity index (χ4v) is 3.82. The molecule has 0 aromatic carbocycles. The molecule has 0 bridgehead atoms. The maximum absolute atomic E-state index is 12.9. The lowest BCUT2D eigenvalue weighted by atomic mass is 10.2. The Kier molecular flexibility index (Phi) is 9.62. The van der Waals surface area contributed by atoms with Crippen LogP contribution in [-0.2, 0) is 6.54 Å². The van der Waals surface area contributed by atoms with Gasteiger partial charge >= 0.3 is 6.18 Å². The number of guanidine groups is 1. The average Bonchev–Trinajstić information content (AvgIpc) is 2.74. The SMILES string of the molecule is CN=C(NCc1ccnc(N2CCN(C)CC2)c1)N1CCN(C(C)C(F)(F)F)CC1.I. The van der Waals surface area contributed by atoms with Crippen molar-refractivity contribution in [1.29, 1.82) is 0 Å². The van der Waals surface area contributed by atoms with Crippen LogP contribution in [0, 0.1) is 0 Å². The number of nitrogens with one attached hydrogen (secondary N) is 1. The fourth-order valence-electron chi connectivity index (χ4n) is 3.82. The maximum Gasteiger partial charge on any atom is 0.403 e. The van der Waals surface area contributed by atoms with E-state index in [-0.39, 0.29) is 24.0 Å². The summed E-state index contributed by atoms with van der Waals surface area (Å²) in [7, 11) is 3.83. The van der Waals surface area contributed by atoms with Crippen LogP contribution in [0.3, 0.4) is 0 Å². The van der Waals surface area contributed by atoms with Gasteiger partial charge in [-0.3, -0.25) is 9.89 Å². The van der Waals surface area contributed by atoms with Crippen LogP contribution < -0.4 is 10.2 Å². The highest BCUT2D eigenvalue weighted by Gasteiger charge is 2.41. The molecule has 2 fully saturated rings. The van der Waals surface area contributed by atoms with Gasteiger partial charge in [0.15, 0.2) is 5.96 Å². The van der Waals surface area contributed by atoms with E-state index in [0.717, 1.165) is 37.6 Å². The molecule has 2 saturated heterocycles. The van der Waals surface area contributed by atoms with E-state index in [1.807, 2.05) is 17.2 Å². The number of alkyl halides is 3. The molecule has 0 radical (unpaired) electrons. The molecule has 31 heavy (non-hydrogen) atoms. The minimum atomic E-state index is -4.19. The number of aromatic nitrogens is 1. The van der Waals surface area contributed by atoms with Gasteiger partial charge < -0.3 is 20.0 Å². The lowest BCUT2D eigenvalue weighted by Gasteiger charge is -2.39. The maximum atomic E-state index is 12.9. The number of rotatable bonds is 4. The van der Waals surface area contributed by atoms with Crippen molar-refractivity contribution in [3.8, 4) is 0 Å². The Morgan fingerprint density at radius 2 is 1.77 bits per heavy atom. The number of nitrogens with zero attached hydrogens (tertiary/aromatic N) is 6. The first-order valence-corrected chi connectivity index (χ1v) is 10.4. The minimum absolute atomic E-state index is 0. The van der Waals surface area contributed by atoms with Crippen molar-refractivity contribution in [2.75, 3.05) is 71.4 Å². The molecule has 7 nitrogen and oxygen atoms in total. The molecule has 3 rings (SSSR count). The number of halogens is 4. The third-order valence-electron chi connectivity index (χ3n) is 5.93. The number of hydrogen-bond donors (Lipinski definition) is 1. The molecule has 2 aliphatic heterocycles. The van der Waals surface area contributed by atoms with Gasteiger partial charge in [0.25, 0.3) is 0 Å². The Hall–Kier alpha value is -1.34. The van der Waals surface area contributed by atoms with Crippen molar-refractivity contribution < 1.29 is 13.2 Å². The van der Waals surface area contributed by atoms with Crippen LogP contribution in [0.2, 0.25) is 0 Å². The van der Waals surface area contributed by atoms with E-state index in [2.05, 4.69) is 38.2 Å². The van der Waals surface area contributed by atoms with Gasteiger partial charge in [-0.05, 0) is 31.7 Å². The lowest BCUT2D eigenvalue weighted by molar-refractivity contribution is -0.181. The van der Waals surface area contributed by atoms with Crippen LogP contribution in [0.1, 0.15) is 12.5 Å². The van der Waals surface area contributed by atoms with Crippen LogP contribution in [0.5, 0.6) is 0 Å². The molecule has 1 aromatic heterocycles. The Morgan fingerprint density at radius 3 is 2.35 bits per heavy atom. The van der Waals surface area contributed by atoms with Gasteiger partial charge in [0.2, 0.25) is 0 Å². The smallest absolute Gasteiger partial charge is 0.354 e. The first-order valence-electron chi connectivity index (χ1n) is 10.4. The number of likely N-dealkylation sites (N-methyl/N-ethyl adjacent to an activating group) is 1. The van der Waals surface area contributed by atoms with Crippen molar-refractivity contribution in [2.24, 2.45) is 4.99 Å². The summed E-state index contributed by atoms with van der Waals surface area (Å²) in [6.07, 6.45) is -2.37. The predicted octanol–water partition coefficient (Wildman–Crippen LogP) is 2.10. The summed E-state index contributed by atoms with van der Waals surface area (Å²) >= 11 is 0. The van der Waals surface area contributed by atoms with Crippen molar-refractivity contribution in [2.45, 2.75) is 25.7 Å². The fraction of sp³-hybridized carbons (Fsp3) is 0.700. The van der Waals surface area contributed by atoms with Gasteiger partial charge in [-0.1, -0.05) is 0 Å². The molecule has 1 unspecified atom stereocenters. The zero-order valence-electron chi connectivity index (χ0n) is 18.4. The topological polar surface area (TPSA) is 50.2 Å².